The van der Waals surface area contributed by atoms with E-state index in [1.165, 1.54) is 0 Å². The lowest BCUT2D eigenvalue weighted by Crippen LogP contribution is -2.12. The summed E-state index contributed by atoms with van der Waals surface area (Å²) in [6.07, 6.45) is 3.27. The molecule has 2 rings (SSSR count). The molecular weight excluding hydrogens is 320 g/mol. The van der Waals surface area contributed by atoms with Crippen LogP contribution in [0.2, 0.25) is 0 Å². The molecule has 0 bridgehead atoms. The minimum absolute atomic E-state index is 0. The van der Waals surface area contributed by atoms with E-state index in [9.17, 15) is 0 Å². The molecule has 0 aliphatic carbocycles. The molecule has 0 atom stereocenters. The van der Waals surface area contributed by atoms with Gasteiger partial charge < -0.3 is 26.0 Å². The van der Waals surface area contributed by atoms with E-state index in [4.69, 9.17) is 40.5 Å². The molecule has 124 valence electrons. The summed E-state index contributed by atoms with van der Waals surface area (Å²) in [4.78, 5) is 12.7. The first-order valence-electron chi connectivity index (χ1n) is 5.04. The standard InChI is InChI=1S/2C4H6N4.H2O4S.H2O/c2*5-3-1-2-7-4(6)8-3;1-5(2,3)4;/h2*1-2H,(H4,5,6,7,8);(H2,1,2,3,4);1H2. The van der Waals surface area contributed by atoms with Gasteiger partial charge in [-0.25, -0.2) is 9.97 Å². The molecule has 13 nitrogen and oxygen atoms in total. The minimum Gasteiger partial charge on any atom is -0.759 e. The van der Waals surface area contributed by atoms with Gasteiger partial charge in [0.25, 0.3) is 0 Å². The zero-order chi connectivity index (χ0) is 16.5. The Labute approximate surface area is 125 Å². The quantitative estimate of drug-likeness (QED) is 0.267. The Hall–Kier alpha value is -2.81. The van der Waals surface area contributed by atoms with Crippen molar-refractivity contribution in [1.29, 1.82) is 0 Å². The van der Waals surface area contributed by atoms with Crippen LogP contribution < -0.4 is 32.9 Å². The van der Waals surface area contributed by atoms with Crippen LogP contribution in [-0.4, -0.2) is 33.0 Å². The van der Waals surface area contributed by atoms with E-state index >= 15 is 0 Å². The highest BCUT2D eigenvalue weighted by Crippen LogP contribution is 1.90. The highest BCUT2D eigenvalue weighted by molar-refractivity contribution is 7.79. The Balaban J connectivity index is 0. The summed E-state index contributed by atoms with van der Waals surface area (Å²) in [7, 11) is -5.17. The van der Waals surface area contributed by atoms with Gasteiger partial charge in [-0.2, -0.15) is 0 Å². The largest absolute Gasteiger partial charge is 0.759 e. The van der Waals surface area contributed by atoms with Crippen molar-refractivity contribution in [3.05, 3.63) is 24.5 Å². The Bertz CT molecular complexity index is 581. The van der Waals surface area contributed by atoms with Crippen LogP contribution >= 0.6 is 0 Å². The normalized spacial score (nSPS) is 9.18. The van der Waals surface area contributed by atoms with Crippen molar-refractivity contribution in [1.82, 2.24) is 9.97 Å². The molecule has 12 N–H and O–H groups in total. The zero-order valence-corrected chi connectivity index (χ0v) is 11.9. The molecule has 0 aliphatic heterocycles. The fourth-order valence-electron chi connectivity index (χ4n) is 0.842. The number of nitrogen functional groups attached to an aromatic ring is 4. The van der Waals surface area contributed by atoms with E-state index in [2.05, 4.69) is 19.9 Å². The molecular formula is C8H16N8O5S. The lowest BCUT2D eigenvalue weighted by molar-refractivity contribution is -0.364. The van der Waals surface area contributed by atoms with Crippen LogP contribution in [0.1, 0.15) is 0 Å². The smallest absolute Gasteiger partial charge is 0.388 e. The lowest BCUT2D eigenvalue weighted by Gasteiger charge is -2.06. The van der Waals surface area contributed by atoms with Gasteiger partial charge >= 0.3 is 11.9 Å². The molecule has 2 aromatic rings. The van der Waals surface area contributed by atoms with Crippen molar-refractivity contribution in [2.45, 2.75) is 0 Å². The summed E-state index contributed by atoms with van der Waals surface area (Å²) in [5.41, 5.74) is 20.9. The van der Waals surface area contributed by atoms with Crippen molar-refractivity contribution in [2.24, 2.45) is 0 Å². The molecule has 0 saturated heterocycles. The summed E-state index contributed by atoms with van der Waals surface area (Å²) in [6.45, 7) is 0. The summed E-state index contributed by atoms with van der Waals surface area (Å²) in [5, 5.41) is 0. The number of anilines is 4. The van der Waals surface area contributed by atoms with Crippen molar-refractivity contribution in [3.63, 3.8) is 0 Å². The molecule has 0 saturated carbocycles. The fourth-order valence-corrected chi connectivity index (χ4v) is 0.842. The number of nitrogens with two attached hydrogens (primary N) is 4. The first kappa shape index (κ1) is 21.5. The van der Waals surface area contributed by atoms with Gasteiger partial charge in [0, 0.05) is 22.5 Å². The predicted octanol–water partition coefficient (Wildman–Crippen LogP) is -4.04. The molecule has 2 aromatic heterocycles. The summed E-state index contributed by atoms with van der Waals surface area (Å²) in [5.74, 6) is 1.54. The van der Waals surface area contributed by atoms with E-state index in [1.807, 2.05) is 0 Å². The lowest BCUT2D eigenvalue weighted by atomic mass is 10.6. The van der Waals surface area contributed by atoms with Crippen LogP contribution in [0.5, 0.6) is 0 Å². The molecule has 14 heteroatoms. The van der Waals surface area contributed by atoms with Crippen LogP contribution in [0.15, 0.2) is 24.5 Å². The number of aromatic nitrogens is 4. The van der Waals surface area contributed by atoms with Crippen LogP contribution in [-0.2, 0) is 10.4 Å². The summed E-state index contributed by atoms with van der Waals surface area (Å²) >= 11 is 0. The van der Waals surface area contributed by atoms with Crippen LogP contribution in [0, 0.1) is 0 Å². The highest BCUT2D eigenvalue weighted by atomic mass is 32.3. The van der Waals surface area contributed by atoms with Gasteiger partial charge in [-0.15, -0.1) is 0 Å². The van der Waals surface area contributed by atoms with Crippen molar-refractivity contribution in [2.75, 3.05) is 22.9 Å². The summed E-state index contributed by atoms with van der Waals surface area (Å²) in [6, 6.07) is 3.27. The zero-order valence-electron chi connectivity index (χ0n) is 11.1. The Kier molecular flexibility index (Phi) is 9.76. The number of rotatable bonds is 0. The topological polar surface area (TPSA) is 270 Å². The van der Waals surface area contributed by atoms with E-state index in [0.717, 1.165) is 0 Å². The van der Waals surface area contributed by atoms with Crippen molar-refractivity contribution in [3.8, 4) is 0 Å². The summed E-state index contributed by atoms with van der Waals surface area (Å²) < 4.78 is 34.1. The number of nitrogens with zero attached hydrogens (tertiary/aromatic N) is 2. The maximum absolute atomic E-state index is 8.52. The SMILES string of the molecule is Nc1cc[nH+]c(N)n1.Nc1cc[nH+]c(N)n1.O.O=S(=O)([O-])[O-]. The second-order valence-corrected chi connectivity index (χ2v) is 4.02. The van der Waals surface area contributed by atoms with E-state index in [0.29, 0.717) is 23.5 Å². The number of hydrogen-bond acceptors (Lipinski definition) is 10. The van der Waals surface area contributed by atoms with Gasteiger partial charge in [-0.05, 0) is 0 Å². The second kappa shape index (κ2) is 10.00. The van der Waals surface area contributed by atoms with Gasteiger partial charge in [-0.1, -0.05) is 9.97 Å². The maximum Gasteiger partial charge on any atom is 0.388 e. The van der Waals surface area contributed by atoms with Gasteiger partial charge in [0.15, 0.2) is 0 Å². The molecule has 0 unspecified atom stereocenters. The average Bonchev–Trinajstić information content (AvgIpc) is 2.26. The molecule has 0 aliphatic rings. The Morgan fingerprint density at radius 1 is 0.864 bits per heavy atom. The highest BCUT2D eigenvalue weighted by Gasteiger charge is 1.94. The molecule has 22 heavy (non-hydrogen) atoms. The third-order valence-electron chi connectivity index (χ3n) is 1.47. The van der Waals surface area contributed by atoms with Crippen LogP contribution in [0.4, 0.5) is 23.5 Å². The van der Waals surface area contributed by atoms with Gasteiger partial charge in [0.05, 0.1) is 12.4 Å². The third kappa shape index (κ3) is 15.2. The molecule has 0 fully saturated rings. The molecule has 0 spiro atoms. The van der Waals surface area contributed by atoms with Gasteiger partial charge in [0.2, 0.25) is 11.6 Å². The van der Waals surface area contributed by atoms with Gasteiger partial charge in [-0.3, -0.25) is 19.9 Å². The number of H-pyrrole nitrogens is 2. The number of aromatic amines is 2. The van der Waals surface area contributed by atoms with Crippen LogP contribution in [0.3, 0.4) is 0 Å². The monoisotopic (exact) mass is 336 g/mol. The van der Waals surface area contributed by atoms with Gasteiger partial charge in [0.1, 0.15) is 0 Å². The fraction of sp³-hybridized carbons (Fsp3) is 0. The second-order valence-electron chi connectivity index (χ2n) is 3.21. The first-order valence-corrected chi connectivity index (χ1v) is 6.37. The Morgan fingerprint density at radius 2 is 1.14 bits per heavy atom. The van der Waals surface area contributed by atoms with E-state index in [1.54, 1.807) is 24.5 Å². The molecule has 0 aromatic carbocycles. The molecule has 0 amide bonds. The minimum atomic E-state index is -5.17. The van der Waals surface area contributed by atoms with Crippen molar-refractivity contribution < 1.29 is 33.0 Å². The average molecular weight is 336 g/mol. The third-order valence-corrected chi connectivity index (χ3v) is 1.47. The maximum atomic E-state index is 8.52. The molecule has 0 radical (unpaired) electrons. The van der Waals surface area contributed by atoms with E-state index in [-0.39, 0.29) is 5.48 Å². The van der Waals surface area contributed by atoms with E-state index < -0.39 is 10.4 Å². The molecule has 2 heterocycles. The van der Waals surface area contributed by atoms with Crippen molar-refractivity contribution >= 4 is 33.9 Å². The number of nitrogens with one attached hydrogen (secondary N) is 2. The predicted molar refractivity (Wildman–Crippen MR) is 73.3 cm³/mol. The first-order chi connectivity index (χ1) is 9.58. The Morgan fingerprint density at radius 3 is 1.27 bits per heavy atom. The number of hydrogen-bond donors (Lipinski definition) is 4. The van der Waals surface area contributed by atoms with Crippen LogP contribution in [0.25, 0.3) is 0 Å².